The quantitative estimate of drug-likeness (QED) is 0.386. The van der Waals surface area contributed by atoms with E-state index in [-0.39, 0.29) is 5.56 Å². The molecule has 4 heteroatoms. The van der Waals surface area contributed by atoms with E-state index in [0.29, 0.717) is 22.4 Å². The van der Waals surface area contributed by atoms with E-state index < -0.39 is 11.9 Å². The lowest BCUT2D eigenvalue weighted by Gasteiger charge is -2.12. The molecule has 4 nitrogen and oxygen atoms in total. The minimum absolute atomic E-state index is 0.133. The molecule has 0 spiro atoms. The van der Waals surface area contributed by atoms with Gasteiger partial charge in [-0.25, -0.2) is 9.59 Å². The largest absolute Gasteiger partial charge is 0.478 e. The first-order chi connectivity index (χ1) is 13.6. The second-order valence-corrected chi connectivity index (χ2v) is 6.29. The summed E-state index contributed by atoms with van der Waals surface area (Å²) in [5, 5.41) is 11.5. The fraction of sp³-hybridized carbons (Fsp3) is 0. The molecule has 4 rings (SSSR count). The molecule has 0 aliphatic heterocycles. The second kappa shape index (κ2) is 7.37. The summed E-state index contributed by atoms with van der Waals surface area (Å²) in [5.41, 5.74) is 1.44. The van der Waals surface area contributed by atoms with Crippen molar-refractivity contribution in [1.82, 2.24) is 0 Å². The SMILES string of the molecule is O=C(O)c1ccccc1-c1ccccc1C(=O)Oc1ccc2ccccc2c1. The fourth-order valence-electron chi connectivity index (χ4n) is 3.19. The predicted molar refractivity (Wildman–Crippen MR) is 108 cm³/mol. The highest BCUT2D eigenvalue weighted by atomic mass is 16.5. The van der Waals surface area contributed by atoms with Crippen molar-refractivity contribution in [2.75, 3.05) is 0 Å². The molecule has 0 radical (unpaired) electrons. The zero-order valence-electron chi connectivity index (χ0n) is 14.8. The van der Waals surface area contributed by atoms with Gasteiger partial charge in [0.1, 0.15) is 5.75 Å². The number of esters is 1. The Balaban J connectivity index is 1.72. The van der Waals surface area contributed by atoms with Crippen LogP contribution >= 0.6 is 0 Å². The smallest absolute Gasteiger partial charge is 0.344 e. The van der Waals surface area contributed by atoms with Crippen molar-refractivity contribution in [2.24, 2.45) is 0 Å². The van der Waals surface area contributed by atoms with Gasteiger partial charge in [-0.15, -0.1) is 0 Å². The van der Waals surface area contributed by atoms with Gasteiger partial charge >= 0.3 is 11.9 Å². The van der Waals surface area contributed by atoms with E-state index in [1.54, 1.807) is 54.6 Å². The van der Waals surface area contributed by atoms with Gasteiger partial charge < -0.3 is 9.84 Å². The summed E-state index contributed by atoms with van der Waals surface area (Å²) >= 11 is 0. The average molecular weight is 368 g/mol. The lowest BCUT2D eigenvalue weighted by Crippen LogP contribution is -2.11. The van der Waals surface area contributed by atoms with Gasteiger partial charge in [0, 0.05) is 0 Å². The number of rotatable bonds is 4. The molecule has 0 heterocycles. The molecule has 1 N–H and O–H groups in total. The van der Waals surface area contributed by atoms with Crippen molar-refractivity contribution in [3.63, 3.8) is 0 Å². The highest BCUT2D eigenvalue weighted by molar-refractivity contribution is 6.03. The van der Waals surface area contributed by atoms with Gasteiger partial charge in [0.2, 0.25) is 0 Å². The van der Waals surface area contributed by atoms with Gasteiger partial charge in [0.05, 0.1) is 11.1 Å². The number of carbonyl (C=O) groups is 2. The molecule has 0 amide bonds. The summed E-state index contributed by atoms with van der Waals surface area (Å²) in [6.45, 7) is 0. The Hall–Kier alpha value is -3.92. The fourth-order valence-corrected chi connectivity index (χ4v) is 3.19. The second-order valence-electron chi connectivity index (χ2n) is 6.29. The Bertz CT molecular complexity index is 1190. The molecule has 4 aromatic rings. The van der Waals surface area contributed by atoms with Gasteiger partial charge in [-0.05, 0) is 46.2 Å². The van der Waals surface area contributed by atoms with Crippen molar-refractivity contribution >= 4 is 22.7 Å². The van der Waals surface area contributed by atoms with E-state index in [1.165, 1.54) is 6.07 Å². The van der Waals surface area contributed by atoms with E-state index in [2.05, 4.69) is 0 Å². The molecule has 0 aliphatic carbocycles. The third-order valence-electron chi connectivity index (χ3n) is 4.53. The highest BCUT2D eigenvalue weighted by Gasteiger charge is 2.19. The molecule has 0 unspecified atom stereocenters. The van der Waals surface area contributed by atoms with Crippen LogP contribution in [0.1, 0.15) is 20.7 Å². The lowest BCUT2D eigenvalue weighted by molar-refractivity contribution is 0.0694. The van der Waals surface area contributed by atoms with Crippen molar-refractivity contribution in [3.8, 4) is 16.9 Å². The van der Waals surface area contributed by atoms with Crippen LogP contribution < -0.4 is 4.74 Å². The van der Waals surface area contributed by atoms with E-state index in [0.717, 1.165) is 10.8 Å². The number of carbonyl (C=O) groups excluding carboxylic acids is 1. The third-order valence-corrected chi connectivity index (χ3v) is 4.53. The average Bonchev–Trinajstić information content (AvgIpc) is 2.73. The molecule has 0 aromatic heterocycles. The number of hydrogen-bond donors (Lipinski definition) is 1. The van der Waals surface area contributed by atoms with E-state index in [9.17, 15) is 14.7 Å². The Morgan fingerprint density at radius 2 is 1.21 bits per heavy atom. The number of aromatic carboxylic acids is 1. The Morgan fingerprint density at radius 1 is 0.643 bits per heavy atom. The Morgan fingerprint density at radius 3 is 1.93 bits per heavy atom. The topological polar surface area (TPSA) is 63.6 Å². The van der Waals surface area contributed by atoms with Crippen molar-refractivity contribution < 1.29 is 19.4 Å². The first kappa shape index (κ1) is 17.5. The molecule has 4 aromatic carbocycles. The Labute approximate surface area is 161 Å². The van der Waals surface area contributed by atoms with Crippen LogP contribution in [0.3, 0.4) is 0 Å². The summed E-state index contributed by atoms with van der Waals surface area (Å²) in [6.07, 6.45) is 0. The van der Waals surface area contributed by atoms with Crippen LogP contribution in [0.2, 0.25) is 0 Å². The maximum atomic E-state index is 12.9. The van der Waals surface area contributed by atoms with Gasteiger partial charge in [0.25, 0.3) is 0 Å². The molecule has 0 fully saturated rings. The third kappa shape index (κ3) is 3.35. The number of fused-ring (bicyclic) bond motifs is 1. The minimum atomic E-state index is -1.05. The lowest BCUT2D eigenvalue weighted by atomic mass is 9.95. The van der Waals surface area contributed by atoms with Crippen LogP contribution in [0.15, 0.2) is 91.0 Å². The molecule has 0 bridgehead atoms. The first-order valence-corrected chi connectivity index (χ1v) is 8.76. The normalized spacial score (nSPS) is 10.6. The molecule has 28 heavy (non-hydrogen) atoms. The molecule has 0 atom stereocenters. The van der Waals surface area contributed by atoms with Gasteiger partial charge in [-0.3, -0.25) is 0 Å². The van der Waals surface area contributed by atoms with Crippen LogP contribution in [-0.2, 0) is 0 Å². The zero-order chi connectivity index (χ0) is 19.5. The molecule has 0 saturated heterocycles. The molecule has 0 saturated carbocycles. The van der Waals surface area contributed by atoms with Crippen LogP contribution in [0.5, 0.6) is 5.75 Å². The van der Waals surface area contributed by atoms with E-state index in [1.807, 2.05) is 30.3 Å². The molecular weight excluding hydrogens is 352 g/mol. The predicted octanol–water partition coefficient (Wildman–Crippen LogP) is 5.42. The summed E-state index contributed by atoms with van der Waals surface area (Å²) < 4.78 is 5.58. The van der Waals surface area contributed by atoms with Crippen LogP contribution in [0, 0.1) is 0 Å². The number of carboxylic acid groups (broad SMARTS) is 1. The van der Waals surface area contributed by atoms with Gasteiger partial charge in [0.15, 0.2) is 0 Å². The van der Waals surface area contributed by atoms with Crippen LogP contribution in [0.25, 0.3) is 21.9 Å². The number of ether oxygens (including phenoxy) is 1. The minimum Gasteiger partial charge on any atom is -0.478 e. The first-order valence-electron chi connectivity index (χ1n) is 8.76. The monoisotopic (exact) mass is 368 g/mol. The van der Waals surface area contributed by atoms with Crippen LogP contribution in [-0.4, -0.2) is 17.0 Å². The summed E-state index contributed by atoms with van der Waals surface area (Å²) in [4.78, 5) is 24.4. The van der Waals surface area contributed by atoms with Gasteiger partial charge in [-0.1, -0.05) is 66.7 Å². The van der Waals surface area contributed by atoms with Crippen molar-refractivity contribution in [2.45, 2.75) is 0 Å². The van der Waals surface area contributed by atoms with E-state index >= 15 is 0 Å². The maximum Gasteiger partial charge on any atom is 0.344 e. The molecule has 136 valence electrons. The zero-order valence-corrected chi connectivity index (χ0v) is 14.8. The summed E-state index contributed by atoms with van der Waals surface area (Å²) in [6, 6.07) is 26.7. The Kier molecular flexibility index (Phi) is 4.60. The number of benzene rings is 4. The maximum absolute atomic E-state index is 12.9. The highest BCUT2D eigenvalue weighted by Crippen LogP contribution is 2.29. The van der Waals surface area contributed by atoms with Crippen molar-refractivity contribution in [1.29, 1.82) is 0 Å². The van der Waals surface area contributed by atoms with E-state index in [4.69, 9.17) is 4.74 Å². The number of carboxylic acids is 1. The number of hydrogen-bond acceptors (Lipinski definition) is 3. The standard InChI is InChI=1S/C24H16O4/c25-23(26)21-11-5-3-9-19(21)20-10-4-6-12-22(20)24(27)28-18-14-13-16-7-1-2-8-17(16)15-18/h1-15H,(H,25,26). The summed E-state index contributed by atoms with van der Waals surface area (Å²) in [7, 11) is 0. The van der Waals surface area contributed by atoms with Crippen molar-refractivity contribution in [3.05, 3.63) is 102 Å². The summed E-state index contributed by atoms with van der Waals surface area (Å²) in [5.74, 6) is -1.15. The molecular formula is C24H16O4. The van der Waals surface area contributed by atoms with Gasteiger partial charge in [-0.2, -0.15) is 0 Å². The van der Waals surface area contributed by atoms with Crippen LogP contribution in [0.4, 0.5) is 0 Å². The molecule has 0 aliphatic rings.